The Morgan fingerprint density at radius 1 is 1.22 bits per heavy atom. The summed E-state index contributed by atoms with van der Waals surface area (Å²) in [5, 5.41) is 5.93. The van der Waals surface area contributed by atoms with Gasteiger partial charge in [0.05, 0.1) is 6.04 Å². The van der Waals surface area contributed by atoms with Crippen molar-refractivity contribution in [2.75, 3.05) is 19.6 Å². The number of likely N-dealkylation sites (N-methyl/N-ethyl adjacent to an activating group) is 1. The standard InChI is InChI=1S/C21H26N4O2/c1-2-22-21(27)19-14-17(24-20(26)18-11-6-12-23-18)15-25(19)13-7-10-16-8-4-3-5-9-16/h3-12,17,19,23H,2,13-15H2,1H3,(H,22,27)(H,24,26)/b10-7+/t17-,19+/m1/s1. The molecule has 3 N–H and O–H groups in total. The van der Waals surface area contributed by atoms with Crippen LogP contribution in [0.5, 0.6) is 0 Å². The zero-order chi connectivity index (χ0) is 19.1. The van der Waals surface area contributed by atoms with E-state index in [1.54, 1.807) is 18.3 Å². The Kier molecular flexibility index (Phi) is 6.44. The number of amides is 2. The normalized spacial score (nSPS) is 20.0. The van der Waals surface area contributed by atoms with Crippen molar-refractivity contribution in [1.82, 2.24) is 20.5 Å². The summed E-state index contributed by atoms with van der Waals surface area (Å²) in [5.41, 5.74) is 1.66. The third kappa shape index (κ3) is 5.08. The molecule has 27 heavy (non-hydrogen) atoms. The van der Waals surface area contributed by atoms with Crippen molar-refractivity contribution in [3.8, 4) is 0 Å². The number of aromatic nitrogens is 1. The highest BCUT2D eigenvalue weighted by Gasteiger charge is 2.36. The Bertz CT molecular complexity index is 771. The average molecular weight is 366 g/mol. The molecular weight excluding hydrogens is 340 g/mol. The van der Waals surface area contributed by atoms with Crippen LogP contribution in [0.25, 0.3) is 6.08 Å². The van der Waals surface area contributed by atoms with Crippen LogP contribution in [-0.2, 0) is 4.79 Å². The maximum absolute atomic E-state index is 12.5. The van der Waals surface area contributed by atoms with E-state index in [-0.39, 0.29) is 23.9 Å². The molecule has 2 aromatic rings. The number of hydrogen-bond acceptors (Lipinski definition) is 3. The summed E-state index contributed by atoms with van der Waals surface area (Å²) in [7, 11) is 0. The van der Waals surface area contributed by atoms with Crippen LogP contribution in [0.3, 0.4) is 0 Å². The van der Waals surface area contributed by atoms with E-state index in [9.17, 15) is 9.59 Å². The fraction of sp³-hybridized carbons (Fsp3) is 0.333. The number of H-pyrrole nitrogens is 1. The largest absolute Gasteiger partial charge is 0.357 e. The van der Waals surface area contributed by atoms with E-state index < -0.39 is 0 Å². The number of aromatic amines is 1. The van der Waals surface area contributed by atoms with Crippen molar-refractivity contribution in [2.45, 2.75) is 25.4 Å². The lowest BCUT2D eigenvalue weighted by atomic mass is 10.1. The van der Waals surface area contributed by atoms with Gasteiger partial charge in [-0.1, -0.05) is 42.5 Å². The molecule has 0 spiro atoms. The first-order valence-electron chi connectivity index (χ1n) is 9.35. The molecule has 2 amide bonds. The van der Waals surface area contributed by atoms with Crippen LogP contribution >= 0.6 is 0 Å². The fourth-order valence-corrected chi connectivity index (χ4v) is 3.40. The minimum atomic E-state index is -0.237. The second-order valence-electron chi connectivity index (χ2n) is 6.67. The van der Waals surface area contributed by atoms with Gasteiger partial charge in [0.15, 0.2) is 0 Å². The maximum atomic E-state index is 12.5. The SMILES string of the molecule is CCNC(=O)[C@@H]1C[C@@H](NC(=O)c2ccc[nH]2)CN1C/C=C/c1ccccc1. The van der Waals surface area contributed by atoms with Crippen LogP contribution in [-0.4, -0.2) is 53.4 Å². The van der Waals surface area contributed by atoms with Crippen molar-refractivity contribution in [1.29, 1.82) is 0 Å². The third-order valence-electron chi connectivity index (χ3n) is 4.68. The smallest absolute Gasteiger partial charge is 0.267 e. The highest BCUT2D eigenvalue weighted by molar-refractivity contribution is 5.92. The molecule has 142 valence electrons. The molecule has 2 heterocycles. The first-order valence-corrected chi connectivity index (χ1v) is 9.35. The van der Waals surface area contributed by atoms with Gasteiger partial charge in [0.25, 0.3) is 5.91 Å². The summed E-state index contributed by atoms with van der Waals surface area (Å²) in [4.78, 5) is 29.8. The van der Waals surface area contributed by atoms with Crippen molar-refractivity contribution in [3.63, 3.8) is 0 Å². The molecule has 6 nitrogen and oxygen atoms in total. The van der Waals surface area contributed by atoms with Gasteiger partial charge in [-0.15, -0.1) is 0 Å². The maximum Gasteiger partial charge on any atom is 0.267 e. The van der Waals surface area contributed by atoms with Gasteiger partial charge in [0.2, 0.25) is 5.91 Å². The summed E-state index contributed by atoms with van der Waals surface area (Å²) < 4.78 is 0. The molecule has 0 unspecified atom stereocenters. The molecule has 1 aliphatic rings. The van der Waals surface area contributed by atoms with Gasteiger partial charge in [-0.05, 0) is 31.0 Å². The Labute approximate surface area is 159 Å². The first-order chi connectivity index (χ1) is 13.2. The van der Waals surface area contributed by atoms with Crippen molar-refractivity contribution in [3.05, 3.63) is 66.0 Å². The minimum absolute atomic E-state index is 0.0160. The summed E-state index contributed by atoms with van der Waals surface area (Å²) >= 11 is 0. The van der Waals surface area contributed by atoms with Crippen molar-refractivity contribution in [2.24, 2.45) is 0 Å². The number of hydrogen-bond donors (Lipinski definition) is 3. The second kappa shape index (κ2) is 9.19. The molecule has 1 saturated heterocycles. The number of rotatable bonds is 7. The topological polar surface area (TPSA) is 77.2 Å². The number of carbonyl (C=O) groups is 2. The monoisotopic (exact) mass is 366 g/mol. The number of nitrogens with zero attached hydrogens (tertiary/aromatic N) is 1. The van der Waals surface area contributed by atoms with Crippen LogP contribution in [0, 0.1) is 0 Å². The van der Waals surface area contributed by atoms with E-state index >= 15 is 0 Å². The van der Waals surface area contributed by atoms with Crippen LogP contribution < -0.4 is 10.6 Å². The summed E-state index contributed by atoms with van der Waals surface area (Å²) in [6, 6.07) is 13.3. The number of nitrogens with one attached hydrogen (secondary N) is 3. The van der Waals surface area contributed by atoms with Gasteiger partial charge in [-0.3, -0.25) is 14.5 Å². The summed E-state index contributed by atoms with van der Waals surface area (Å²) in [6.07, 6.45) is 6.45. The van der Waals surface area contributed by atoms with Gasteiger partial charge < -0.3 is 15.6 Å². The van der Waals surface area contributed by atoms with E-state index in [0.717, 1.165) is 5.56 Å². The predicted molar refractivity (Wildman–Crippen MR) is 106 cm³/mol. The lowest BCUT2D eigenvalue weighted by Gasteiger charge is -2.21. The molecule has 0 radical (unpaired) electrons. The molecule has 1 fully saturated rings. The molecular formula is C21H26N4O2. The zero-order valence-corrected chi connectivity index (χ0v) is 15.5. The third-order valence-corrected chi connectivity index (χ3v) is 4.68. The molecule has 0 aliphatic carbocycles. The van der Waals surface area contributed by atoms with E-state index in [4.69, 9.17) is 0 Å². The number of carbonyl (C=O) groups excluding carboxylic acids is 2. The molecule has 1 aliphatic heterocycles. The molecule has 3 rings (SSSR count). The molecule has 0 saturated carbocycles. The predicted octanol–water partition coefficient (Wildman–Crippen LogP) is 2.04. The Morgan fingerprint density at radius 3 is 2.74 bits per heavy atom. The molecule has 0 bridgehead atoms. The van der Waals surface area contributed by atoms with Crippen molar-refractivity contribution >= 4 is 17.9 Å². The first kappa shape index (κ1) is 18.9. The van der Waals surface area contributed by atoms with Crippen LogP contribution in [0.1, 0.15) is 29.4 Å². The van der Waals surface area contributed by atoms with Crippen LogP contribution in [0.15, 0.2) is 54.7 Å². The molecule has 6 heteroatoms. The van der Waals surface area contributed by atoms with Gasteiger partial charge in [0, 0.05) is 31.9 Å². The lowest BCUT2D eigenvalue weighted by molar-refractivity contribution is -0.125. The zero-order valence-electron chi connectivity index (χ0n) is 15.5. The summed E-state index contributed by atoms with van der Waals surface area (Å²) in [6.45, 7) is 3.82. The van der Waals surface area contributed by atoms with Gasteiger partial charge in [-0.25, -0.2) is 0 Å². The fourth-order valence-electron chi connectivity index (χ4n) is 3.40. The quantitative estimate of drug-likeness (QED) is 0.702. The number of benzene rings is 1. The van der Waals surface area contributed by atoms with Crippen LogP contribution in [0.2, 0.25) is 0 Å². The van der Waals surface area contributed by atoms with E-state index in [1.807, 2.05) is 37.3 Å². The summed E-state index contributed by atoms with van der Waals surface area (Å²) in [5.74, 6) is -0.122. The molecule has 2 atom stereocenters. The highest BCUT2D eigenvalue weighted by atomic mass is 16.2. The Hall–Kier alpha value is -2.86. The van der Waals surface area contributed by atoms with Gasteiger partial charge >= 0.3 is 0 Å². The minimum Gasteiger partial charge on any atom is -0.357 e. The second-order valence-corrected chi connectivity index (χ2v) is 6.67. The molecule has 1 aromatic heterocycles. The van der Waals surface area contributed by atoms with E-state index in [0.29, 0.717) is 31.7 Å². The molecule has 1 aromatic carbocycles. The Balaban J connectivity index is 1.63. The lowest BCUT2D eigenvalue weighted by Crippen LogP contribution is -2.43. The Morgan fingerprint density at radius 2 is 2.04 bits per heavy atom. The average Bonchev–Trinajstić information content (AvgIpc) is 3.33. The van der Waals surface area contributed by atoms with Gasteiger partial charge in [0.1, 0.15) is 5.69 Å². The highest BCUT2D eigenvalue weighted by Crippen LogP contribution is 2.19. The van der Waals surface area contributed by atoms with Crippen LogP contribution in [0.4, 0.5) is 0 Å². The number of likely N-dealkylation sites (tertiary alicyclic amines) is 1. The van der Waals surface area contributed by atoms with Crippen molar-refractivity contribution < 1.29 is 9.59 Å². The van der Waals surface area contributed by atoms with E-state index in [1.165, 1.54) is 0 Å². The van der Waals surface area contributed by atoms with Gasteiger partial charge in [-0.2, -0.15) is 0 Å². The van der Waals surface area contributed by atoms with E-state index in [2.05, 4.69) is 32.7 Å².